The lowest BCUT2D eigenvalue weighted by Crippen LogP contribution is -2.24. The van der Waals surface area contributed by atoms with Crippen molar-refractivity contribution in [2.45, 2.75) is 13.0 Å². The first-order valence-corrected chi connectivity index (χ1v) is 10.1. The molecule has 0 spiro atoms. The number of amides is 2. The average Bonchev–Trinajstić information content (AvgIpc) is 2.75. The lowest BCUT2D eigenvalue weighted by atomic mass is 10.2. The van der Waals surface area contributed by atoms with Gasteiger partial charge in [0.2, 0.25) is 11.8 Å². The van der Waals surface area contributed by atoms with Gasteiger partial charge in [0.1, 0.15) is 18.8 Å². The Bertz CT molecular complexity index is 1070. The molecule has 8 heteroatoms. The molecule has 3 aromatic rings. The summed E-state index contributed by atoms with van der Waals surface area (Å²) >= 11 is 11.9. The van der Waals surface area contributed by atoms with Crippen LogP contribution in [0, 0.1) is 0 Å². The van der Waals surface area contributed by atoms with E-state index in [1.54, 1.807) is 48.5 Å². The predicted octanol–water partition coefficient (Wildman–Crippen LogP) is 5.05. The lowest BCUT2D eigenvalue weighted by molar-refractivity contribution is -0.126. The monoisotopic (exact) mass is 455 g/mol. The van der Waals surface area contributed by atoms with Crippen molar-refractivity contribution in [3.05, 3.63) is 94.0 Å². The maximum absolute atomic E-state index is 11.9. The second-order valence-electron chi connectivity index (χ2n) is 6.47. The zero-order valence-corrected chi connectivity index (χ0v) is 17.9. The number of nitrogens with one attached hydrogen (secondary N) is 2. The van der Waals surface area contributed by atoms with Crippen molar-refractivity contribution in [2.75, 3.05) is 5.32 Å². The zero-order chi connectivity index (χ0) is 22.1. The fourth-order valence-corrected chi connectivity index (χ4v) is 2.85. The summed E-state index contributed by atoms with van der Waals surface area (Å²) in [6.07, 6.45) is 1.13. The highest BCUT2D eigenvalue weighted by Crippen LogP contribution is 2.18. The summed E-state index contributed by atoms with van der Waals surface area (Å²) in [7, 11) is 0. The molecule has 6 nitrogen and oxygen atoms in total. The number of hydrazone groups is 1. The van der Waals surface area contributed by atoms with E-state index >= 15 is 0 Å². The number of halogens is 2. The first-order valence-electron chi connectivity index (χ1n) is 9.33. The number of nitrogens with zero attached hydrogens (tertiary/aromatic N) is 1. The molecule has 31 heavy (non-hydrogen) atoms. The number of benzene rings is 3. The molecule has 158 valence electrons. The van der Waals surface area contributed by atoms with Crippen LogP contribution < -0.4 is 15.5 Å². The zero-order valence-electron chi connectivity index (χ0n) is 16.3. The van der Waals surface area contributed by atoms with Gasteiger partial charge in [0, 0.05) is 21.3 Å². The third kappa shape index (κ3) is 7.44. The minimum absolute atomic E-state index is 0.352. The Hall–Kier alpha value is -3.35. The van der Waals surface area contributed by atoms with Crippen LogP contribution in [0.15, 0.2) is 77.9 Å². The van der Waals surface area contributed by atoms with Gasteiger partial charge < -0.3 is 10.1 Å². The van der Waals surface area contributed by atoms with E-state index in [-0.39, 0.29) is 6.42 Å². The number of anilines is 1. The van der Waals surface area contributed by atoms with Gasteiger partial charge >= 0.3 is 0 Å². The summed E-state index contributed by atoms with van der Waals surface area (Å²) in [5.41, 5.74) is 4.55. The molecule has 0 saturated carbocycles. The van der Waals surface area contributed by atoms with Gasteiger partial charge in [-0.1, -0.05) is 41.4 Å². The fraction of sp³-hybridized carbons (Fsp3) is 0.0870. The van der Waals surface area contributed by atoms with E-state index in [9.17, 15) is 9.59 Å². The minimum Gasteiger partial charge on any atom is -0.489 e. The van der Waals surface area contributed by atoms with Crippen molar-refractivity contribution in [3.63, 3.8) is 0 Å². The minimum atomic E-state index is -0.526. The van der Waals surface area contributed by atoms with E-state index < -0.39 is 11.8 Å². The van der Waals surface area contributed by atoms with Crippen LogP contribution in [0.25, 0.3) is 0 Å². The van der Waals surface area contributed by atoms with Crippen molar-refractivity contribution in [1.82, 2.24) is 5.43 Å². The maximum Gasteiger partial charge on any atom is 0.249 e. The molecule has 2 N–H and O–H groups in total. The van der Waals surface area contributed by atoms with Crippen LogP contribution in [0.3, 0.4) is 0 Å². The number of hydrogen-bond acceptors (Lipinski definition) is 4. The van der Waals surface area contributed by atoms with Crippen molar-refractivity contribution in [2.24, 2.45) is 5.10 Å². The summed E-state index contributed by atoms with van der Waals surface area (Å²) in [6, 6.07) is 21.3. The largest absolute Gasteiger partial charge is 0.489 e. The summed E-state index contributed by atoms with van der Waals surface area (Å²) in [6.45, 7) is 0.362. The lowest BCUT2D eigenvalue weighted by Gasteiger charge is -2.07. The van der Waals surface area contributed by atoms with Gasteiger partial charge in [-0.05, 0) is 60.2 Å². The van der Waals surface area contributed by atoms with Crippen LogP contribution in [0.2, 0.25) is 10.0 Å². The molecule has 0 aliphatic carbocycles. The summed E-state index contributed by atoms with van der Waals surface area (Å²) in [5, 5.41) is 7.69. The second kappa shape index (κ2) is 11.2. The Balaban J connectivity index is 1.42. The van der Waals surface area contributed by atoms with Gasteiger partial charge in [-0.3, -0.25) is 9.59 Å². The highest BCUT2D eigenvalue weighted by molar-refractivity contribution is 6.31. The summed E-state index contributed by atoms with van der Waals surface area (Å²) in [5.74, 6) is -0.294. The van der Waals surface area contributed by atoms with Gasteiger partial charge in [0.05, 0.1) is 6.21 Å². The SMILES string of the molecule is O=C(CC(=O)Nc1ccc(Cl)cc1)NN=Cc1ccc(OCc2ccccc2Cl)cc1. The Labute approximate surface area is 189 Å². The number of carbonyl (C=O) groups excluding carboxylic acids is 2. The average molecular weight is 456 g/mol. The van der Waals surface area contributed by atoms with E-state index in [4.69, 9.17) is 27.9 Å². The molecule has 0 saturated heterocycles. The fourth-order valence-electron chi connectivity index (χ4n) is 2.53. The van der Waals surface area contributed by atoms with Crippen LogP contribution in [0.4, 0.5) is 5.69 Å². The van der Waals surface area contributed by atoms with Gasteiger partial charge in [-0.2, -0.15) is 5.10 Å². The molecule has 2 amide bonds. The second-order valence-corrected chi connectivity index (χ2v) is 7.32. The first kappa shape index (κ1) is 22.3. The molecule has 0 atom stereocenters. The molecule has 0 unspecified atom stereocenters. The number of carbonyl (C=O) groups is 2. The highest BCUT2D eigenvalue weighted by Gasteiger charge is 2.09. The first-order chi connectivity index (χ1) is 15.0. The molecule has 0 fully saturated rings. The van der Waals surface area contributed by atoms with Crippen molar-refractivity contribution in [3.8, 4) is 5.75 Å². The van der Waals surface area contributed by atoms with Crippen molar-refractivity contribution >= 4 is 46.9 Å². The summed E-state index contributed by atoms with van der Waals surface area (Å²) in [4.78, 5) is 23.7. The van der Waals surface area contributed by atoms with E-state index in [0.717, 1.165) is 11.1 Å². The van der Waals surface area contributed by atoms with Crippen LogP contribution in [0.5, 0.6) is 5.75 Å². The molecule has 0 aliphatic rings. The molecule has 0 aliphatic heterocycles. The van der Waals surface area contributed by atoms with Crippen molar-refractivity contribution < 1.29 is 14.3 Å². The molecule has 0 bridgehead atoms. The Morgan fingerprint density at radius 3 is 2.32 bits per heavy atom. The molecule has 3 rings (SSSR count). The van der Waals surface area contributed by atoms with E-state index in [1.165, 1.54) is 6.21 Å². The van der Waals surface area contributed by atoms with Crippen LogP contribution in [-0.4, -0.2) is 18.0 Å². The van der Waals surface area contributed by atoms with Gasteiger partial charge in [-0.25, -0.2) is 5.43 Å². The molecule has 3 aromatic carbocycles. The third-order valence-corrected chi connectivity index (χ3v) is 4.70. The molecule has 0 heterocycles. The molecule has 0 aromatic heterocycles. The third-order valence-electron chi connectivity index (χ3n) is 4.08. The Kier molecular flexibility index (Phi) is 8.04. The highest BCUT2D eigenvalue weighted by atomic mass is 35.5. The summed E-state index contributed by atoms with van der Waals surface area (Å²) < 4.78 is 5.72. The van der Waals surface area contributed by atoms with Crippen molar-refractivity contribution in [1.29, 1.82) is 0 Å². The van der Waals surface area contributed by atoms with Gasteiger partial charge in [0.15, 0.2) is 0 Å². The smallest absolute Gasteiger partial charge is 0.249 e. The molecular formula is C23H19Cl2N3O3. The quantitative estimate of drug-likeness (QED) is 0.283. The predicted molar refractivity (Wildman–Crippen MR) is 123 cm³/mol. The van der Waals surface area contributed by atoms with Crippen LogP contribution >= 0.6 is 23.2 Å². The normalized spacial score (nSPS) is 10.6. The number of hydrogen-bond donors (Lipinski definition) is 2. The topological polar surface area (TPSA) is 79.8 Å². The van der Waals surface area contributed by atoms with E-state index in [0.29, 0.717) is 28.1 Å². The van der Waals surface area contributed by atoms with Crippen LogP contribution in [0.1, 0.15) is 17.5 Å². The van der Waals surface area contributed by atoms with E-state index in [2.05, 4.69) is 15.8 Å². The van der Waals surface area contributed by atoms with Gasteiger partial charge in [-0.15, -0.1) is 0 Å². The van der Waals surface area contributed by atoms with E-state index in [1.807, 2.05) is 24.3 Å². The molecular weight excluding hydrogens is 437 g/mol. The molecule has 0 radical (unpaired) electrons. The Morgan fingerprint density at radius 1 is 0.903 bits per heavy atom. The van der Waals surface area contributed by atoms with Crippen LogP contribution in [-0.2, 0) is 16.2 Å². The Morgan fingerprint density at radius 2 is 1.61 bits per heavy atom. The number of ether oxygens (including phenoxy) is 1. The van der Waals surface area contributed by atoms with Gasteiger partial charge in [0.25, 0.3) is 0 Å². The maximum atomic E-state index is 11.9. The standard InChI is InChI=1S/C23H19Cl2N3O3/c24-18-7-9-19(10-8-18)27-22(29)13-23(30)28-26-14-16-5-11-20(12-6-16)31-15-17-3-1-2-4-21(17)25/h1-12,14H,13,15H2,(H,27,29)(H,28,30). The number of rotatable bonds is 8.